The molecule has 0 spiro atoms. The van der Waals surface area contributed by atoms with Crippen molar-refractivity contribution in [2.24, 2.45) is 0 Å². The van der Waals surface area contributed by atoms with Crippen molar-refractivity contribution in [1.29, 1.82) is 0 Å². The summed E-state index contributed by atoms with van der Waals surface area (Å²) in [5.41, 5.74) is 1.61. The molecule has 0 aliphatic rings. The zero-order chi connectivity index (χ0) is 23.9. The van der Waals surface area contributed by atoms with Gasteiger partial charge >= 0.3 is 5.97 Å². The van der Waals surface area contributed by atoms with Crippen LogP contribution in [0.3, 0.4) is 0 Å². The molecule has 1 N–H and O–H groups in total. The van der Waals surface area contributed by atoms with Crippen molar-refractivity contribution < 1.29 is 23.5 Å². The predicted octanol–water partition coefficient (Wildman–Crippen LogP) is 3.80. The van der Waals surface area contributed by atoms with Gasteiger partial charge in [-0.05, 0) is 60.3 Å². The van der Waals surface area contributed by atoms with E-state index in [0.29, 0.717) is 17.3 Å². The van der Waals surface area contributed by atoms with Gasteiger partial charge in [-0.25, -0.2) is 13.9 Å². The Bertz CT molecular complexity index is 1270. The van der Waals surface area contributed by atoms with E-state index in [0.717, 1.165) is 10.4 Å². The minimum Gasteiger partial charge on any atom is -0.492 e. The summed E-state index contributed by atoms with van der Waals surface area (Å²) >= 11 is 1.42. The van der Waals surface area contributed by atoms with Crippen LogP contribution in [0, 0.1) is 12.7 Å². The number of hydrogen-bond donors (Lipinski definition) is 1. The summed E-state index contributed by atoms with van der Waals surface area (Å²) < 4.78 is 25.4. The third-order valence-electron chi connectivity index (χ3n) is 4.62. The van der Waals surface area contributed by atoms with E-state index in [4.69, 9.17) is 9.47 Å². The van der Waals surface area contributed by atoms with Crippen molar-refractivity contribution in [3.63, 3.8) is 0 Å². The second-order valence-corrected chi connectivity index (χ2v) is 8.16. The highest BCUT2D eigenvalue weighted by Crippen LogP contribution is 2.25. The number of carbonyl (C=O) groups is 2. The lowest BCUT2D eigenvalue weighted by Gasteiger charge is -2.08. The van der Waals surface area contributed by atoms with Crippen LogP contribution in [0.2, 0.25) is 0 Å². The average molecular weight is 481 g/mol. The maximum Gasteiger partial charge on any atom is 0.378 e. The Hall–Kier alpha value is -4.05. The molecule has 4 aromatic rings. The number of hydrogen-bond acceptors (Lipinski definition) is 7. The van der Waals surface area contributed by atoms with E-state index in [1.54, 1.807) is 0 Å². The molecule has 2 aromatic carbocycles. The van der Waals surface area contributed by atoms with Crippen LogP contribution in [-0.4, -0.2) is 46.4 Å². The third-order valence-corrected chi connectivity index (χ3v) is 5.49. The molecule has 0 saturated heterocycles. The molecule has 0 aliphatic heterocycles. The second kappa shape index (κ2) is 10.7. The highest BCUT2D eigenvalue weighted by Gasteiger charge is 2.21. The maximum atomic E-state index is 13.3. The molecule has 0 fully saturated rings. The van der Waals surface area contributed by atoms with Gasteiger partial charge in [0.25, 0.3) is 11.7 Å². The summed E-state index contributed by atoms with van der Waals surface area (Å²) in [6.45, 7) is 2.01. The number of nitrogens with one attached hydrogen (secondary N) is 1. The van der Waals surface area contributed by atoms with Crippen molar-refractivity contribution in [2.75, 3.05) is 19.8 Å². The van der Waals surface area contributed by atoms with E-state index in [9.17, 15) is 14.0 Å². The zero-order valence-electron chi connectivity index (χ0n) is 18.2. The number of rotatable bonds is 9. The van der Waals surface area contributed by atoms with E-state index in [2.05, 4.69) is 15.4 Å². The zero-order valence-corrected chi connectivity index (χ0v) is 19.0. The molecule has 0 unspecified atom stereocenters. The standard InChI is InChI=1S/C24H21FN4O4S/c1-16-4-2-5-19(14-16)32-12-11-26-21(30)15-33-24(31)22-27-23(20-6-3-13-34-20)29(28-22)18-9-7-17(25)8-10-18/h2-10,13-14H,11-12,15H2,1H3,(H,26,30). The molecule has 34 heavy (non-hydrogen) atoms. The highest BCUT2D eigenvalue weighted by atomic mass is 32.1. The van der Waals surface area contributed by atoms with Gasteiger partial charge in [0, 0.05) is 0 Å². The van der Waals surface area contributed by atoms with Crippen molar-refractivity contribution in [3.8, 4) is 22.1 Å². The number of benzene rings is 2. The lowest BCUT2D eigenvalue weighted by molar-refractivity contribution is -0.124. The van der Waals surface area contributed by atoms with Crippen LogP contribution >= 0.6 is 11.3 Å². The van der Waals surface area contributed by atoms with Crippen LogP contribution in [0.15, 0.2) is 66.0 Å². The average Bonchev–Trinajstić information content (AvgIpc) is 3.51. The SMILES string of the molecule is Cc1cccc(OCCNC(=O)COC(=O)c2nc(-c3cccs3)n(-c3ccc(F)cc3)n2)c1. The second-order valence-electron chi connectivity index (χ2n) is 7.22. The normalized spacial score (nSPS) is 10.6. The summed E-state index contributed by atoms with van der Waals surface area (Å²) in [6, 6.07) is 16.9. The summed E-state index contributed by atoms with van der Waals surface area (Å²) in [5.74, 6) is -0.793. The largest absolute Gasteiger partial charge is 0.492 e. The number of nitrogens with zero attached hydrogens (tertiary/aromatic N) is 3. The van der Waals surface area contributed by atoms with Gasteiger partial charge in [-0.3, -0.25) is 4.79 Å². The molecule has 0 saturated carbocycles. The van der Waals surface area contributed by atoms with E-state index in [-0.39, 0.29) is 19.0 Å². The number of aromatic nitrogens is 3. The number of esters is 1. The lowest BCUT2D eigenvalue weighted by Crippen LogP contribution is -2.32. The first-order valence-corrected chi connectivity index (χ1v) is 11.3. The minimum atomic E-state index is -0.843. The van der Waals surface area contributed by atoms with E-state index >= 15 is 0 Å². The fourth-order valence-electron chi connectivity index (χ4n) is 3.04. The maximum absolute atomic E-state index is 13.3. The third kappa shape index (κ3) is 5.84. The van der Waals surface area contributed by atoms with Crippen LogP contribution in [0.25, 0.3) is 16.4 Å². The molecule has 174 valence electrons. The van der Waals surface area contributed by atoms with Crippen LogP contribution < -0.4 is 10.1 Å². The summed E-state index contributed by atoms with van der Waals surface area (Å²) in [6.07, 6.45) is 0. The molecule has 10 heteroatoms. The Labute approximate surface area is 199 Å². The predicted molar refractivity (Wildman–Crippen MR) is 125 cm³/mol. The van der Waals surface area contributed by atoms with Crippen molar-refractivity contribution in [2.45, 2.75) is 6.92 Å². The summed E-state index contributed by atoms with van der Waals surface area (Å²) in [7, 11) is 0. The fraction of sp³-hybridized carbons (Fsp3) is 0.167. The molecule has 0 aliphatic carbocycles. The molecule has 4 rings (SSSR count). The van der Waals surface area contributed by atoms with Gasteiger partial charge in [-0.1, -0.05) is 18.2 Å². The lowest BCUT2D eigenvalue weighted by atomic mass is 10.2. The van der Waals surface area contributed by atoms with Gasteiger partial charge in [-0.15, -0.1) is 16.4 Å². The molecular formula is C24H21FN4O4S. The summed E-state index contributed by atoms with van der Waals surface area (Å²) in [4.78, 5) is 29.6. The molecule has 1 amide bonds. The number of carbonyl (C=O) groups excluding carboxylic acids is 2. The first-order chi connectivity index (χ1) is 16.5. The molecule has 0 radical (unpaired) electrons. The van der Waals surface area contributed by atoms with Crippen molar-refractivity contribution in [3.05, 3.63) is 83.2 Å². The Morgan fingerprint density at radius 3 is 2.68 bits per heavy atom. The smallest absolute Gasteiger partial charge is 0.378 e. The number of amides is 1. The Morgan fingerprint density at radius 2 is 1.94 bits per heavy atom. The van der Waals surface area contributed by atoms with Gasteiger partial charge in [0.05, 0.1) is 17.1 Å². The number of thiophene rings is 1. The van der Waals surface area contributed by atoms with E-state index < -0.39 is 24.3 Å². The Kier molecular flexibility index (Phi) is 7.28. The molecule has 8 nitrogen and oxygen atoms in total. The molecule has 2 aromatic heterocycles. The van der Waals surface area contributed by atoms with Crippen molar-refractivity contribution in [1.82, 2.24) is 20.1 Å². The highest BCUT2D eigenvalue weighted by molar-refractivity contribution is 7.13. The van der Waals surface area contributed by atoms with E-state index in [1.807, 2.05) is 48.7 Å². The monoisotopic (exact) mass is 480 g/mol. The van der Waals surface area contributed by atoms with Crippen LogP contribution in [0.1, 0.15) is 16.2 Å². The first-order valence-electron chi connectivity index (χ1n) is 10.4. The van der Waals surface area contributed by atoms with Gasteiger partial charge in [0.15, 0.2) is 12.4 Å². The Balaban J connectivity index is 1.34. The minimum absolute atomic E-state index is 0.205. The van der Waals surface area contributed by atoms with Gasteiger partial charge < -0.3 is 14.8 Å². The van der Waals surface area contributed by atoms with Crippen LogP contribution in [-0.2, 0) is 9.53 Å². The first kappa shape index (κ1) is 23.1. The van der Waals surface area contributed by atoms with Gasteiger partial charge in [0.2, 0.25) is 0 Å². The van der Waals surface area contributed by atoms with Crippen LogP contribution in [0.4, 0.5) is 4.39 Å². The quantitative estimate of drug-likeness (QED) is 0.289. The molecule has 0 atom stereocenters. The number of halogens is 1. The number of ether oxygens (including phenoxy) is 2. The van der Waals surface area contributed by atoms with Crippen molar-refractivity contribution >= 4 is 23.2 Å². The molecule has 2 heterocycles. The van der Waals surface area contributed by atoms with Crippen LogP contribution in [0.5, 0.6) is 5.75 Å². The fourth-order valence-corrected chi connectivity index (χ4v) is 3.74. The van der Waals surface area contributed by atoms with Gasteiger partial charge in [0.1, 0.15) is 18.2 Å². The number of aryl methyl sites for hydroxylation is 1. The topological polar surface area (TPSA) is 95.3 Å². The Morgan fingerprint density at radius 1 is 1.12 bits per heavy atom. The molecule has 0 bridgehead atoms. The molecular weight excluding hydrogens is 459 g/mol. The van der Waals surface area contributed by atoms with E-state index in [1.165, 1.54) is 40.3 Å². The summed E-state index contributed by atoms with van der Waals surface area (Å²) in [5, 5.41) is 8.71. The van der Waals surface area contributed by atoms with Gasteiger partial charge in [-0.2, -0.15) is 4.98 Å².